The molecule has 4 heteroatoms. The number of hydrogen-bond acceptors (Lipinski definition) is 3. The Morgan fingerprint density at radius 3 is 2.70 bits per heavy atom. The van der Waals surface area contributed by atoms with Gasteiger partial charge >= 0.3 is 0 Å². The Labute approximate surface area is 116 Å². The Bertz CT molecular complexity index is 778. The van der Waals surface area contributed by atoms with E-state index >= 15 is 0 Å². The van der Waals surface area contributed by atoms with E-state index in [-0.39, 0.29) is 5.84 Å². The van der Waals surface area contributed by atoms with Crippen LogP contribution in [0.2, 0.25) is 0 Å². The van der Waals surface area contributed by atoms with Gasteiger partial charge in [0, 0.05) is 23.2 Å². The van der Waals surface area contributed by atoms with Gasteiger partial charge in [0.15, 0.2) is 0 Å². The highest BCUT2D eigenvalue weighted by molar-refractivity contribution is 5.95. The second-order valence-electron chi connectivity index (χ2n) is 4.38. The predicted octanol–water partition coefficient (Wildman–Crippen LogP) is 3.31. The first kappa shape index (κ1) is 12.2. The molecular formula is C16H13N3O. The maximum atomic E-state index is 7.44. The molecule has 4 nitrogen and oxygen atoms in total. The van der Waals surface area contributed by atoms with Crippen molar-refractivity contribution in [3.05, 3.63) is 66.4 Å². The van der Waals surface area contributed by atoms with Gasteiger partial charge in [0.2, 0.25) is 5.88 Å². The molecule has 0 saturated carbocycles. The summed E-state index contributed by atoms with van der Waals surface area (Å²) in [7, 11) is 0. The van der Waals surface area contributed by atoms with Crippen molar-refractivity contribution >= 4 is 16.6 Å². The van der Waals surface area contributed by atoms with Crippen molar-refractivity contribution < 1.29 is 4.74 Å². The number of nitrogens with two attached hydrogens (primary N) is 1. The highest BCUT2D eigenvalue weighted by Gasteiger charge is 2.05. The maximum Gasteiger partial charge on any atom is 0.219 e. The Balaban J connectivity index is 2.01. The molecule has 0 unspecified atom stereocenters. The molecule has 1 heterocycles. The smallest absolute Gasteiger partial charge is 0.219 e. The van der Waals surface area contributed by atoms with E-state index in [4.69, 9.17) is 15.9 Å². The minimum absolute atomic E-state index is 0.00447. The van der Waals surface area contributed by atoms with Crippen LogP contribution in [0.25, 0.3) is 10.8 Å². The standard InChI is InChI=1S/C16H13N3O/c17-16(18)12-8-9-19-15(10-12)20-14-7-3-5-11-4-1-2-6-13(11)14/h1-10H,(H3,17,18). The molecule has 20 heavy (non-hydrogen) atoms. The van der Waals surface area contributed by atoms with Crippen LogP contribution in [-0.4, -0.2) is 10.8 Å². The predicted molar refractivity (Wildman–Crippen MR) is 79.3 cm³/mol. The summed E-state index contributed by atoms with van der Waals surface area (Å²) in [6, 6.07) is 17.2. The van der Waals surface area contributed by atoms with E-state index in [9.17, 15) is 0 Å². The largest absolute Gasteiger partial charge is 0.438 e. The molecule has 3 rings (SSSR count). The average molecular weight is 263 g/mol. The van der Waals surface area contributed by atoms with E-state index in [1.807, 2.05) is 42.5 Å². The van der Waals surface area contributed by atoms with Crippen molar-refractivity contribution in [2.24, 2.45) is 5.73 Å². The molecule has 98 valence electrons. The number of rotatable bonds is 3. The van der Waals surface area contributed by atoms with Crippen molar-refractivity contribution in [1.82, 2.24) is 4.98 Å². The lowest BCUT2D eigenvalue weighted by molar-refractivity contribution is 0.468. The molecule has 0 atom stereocenters. The van der Waals surface area contributed by atoms with Crippen LogP contribution in [0.3, 0.4) is 0 Å². The van der Waals surface area contributed by atoms with Crippen LogP contribution in [0.5, 0.6) is 11.6 Å². The molecule has 0 aliphatic rings. The first-order chi connectivity index (χ1) is 9.74. The van der Waals surface area contributed by atoms with Crippen LogP contribution < -0.4 is 10.5 Å². The Morgan fingerprint density at radius 1 is 1.05 bits per heavy atom. The third kappa shape index (κ3) is 2.31. The summed E-state index contributed by atoms with van der Waals surface area (Å²) in [5.74, 6) is 1.15. The minimum atomic E-state index is -0.00447. The molecule has 0 spiro atoms. The number of nitrogens with one attached hydrogen (secondary N) is 1. The zero-order valence-electron chi connectivity index (χ0n) is 10.7. The van der Waals surface area contributed by atoms with Gasteiger partial charge in [0.05, 0.1) is 0 Å². The van der Waals surface area contributed by atoms with Gasteiger partial charge in [-0.15, -0.1) is 0 Å². The molecule has 3 N–H and O–H groups in total. The van der Waals surface area contributed by atoms with Crippen LogP contribution in [0.15, 0.2) is 60.8 Å². The van der Waals surface area contributed by atoms with Crippen molar-refractivity contribution in [2.75, 3.05) is 0 Å². The molecular weight excluding hydrogens is 250 g/mol. The Morgan fingerprint density at radius 2 is 1.85 bits per heavy atom. The van der Waals surface area contributed by atoms with Gasteiger partial charge in [-0.05, 0) is 17.5 Å². The fraction of sp³-hybridized carbons (Fsp3) is 0. The highest BCUT2D eigenvalue weighted by Crippen LogP contribution is 2.28. The molecule has 0 fully saturated rings. The third-order valence-electron chi connectivity index (χ3n) is 3.01. The number of nitrogens with zero attached hydrogens (tertiary/aromatic N) is 1. The average Bonchev–Trinajstić information content (AvgIpc) is 2.48. The molecule has 0 amide bonds. The molecule has 0 saturated heterocycles. The van der Waals surface area contributed by atoms with Crippen LogP contribution in [-0.2, 0) is 0 Å². The van der Waals surface area contributed by atoms with E-state index in [2.05, 4.69) is 4.98 Å². The van der Waals surface area contributed by atoms with Gasteiger partial charge < -0.3 is 10.5 Å². The van der Waals surface area contributed by atoms with E-state index < -0.39 is 0 Å². The first-order valence-corrected chi connectivity index (χ1v) is 6.20. The summed E-state index contributed by atoms with van der Waals surface area (Å²) in [6.45, 7) is 0. The van der Waals surface area contributed by atoms with Crippen LogP contribution in [0, 0.1) is 5.41 Å². The fourth-order valence-electron chi connectivity index (χ4n) is 2.03. The lowest BCUT2D eigenvalue weighted by Gasteiger charge is -2.08. The van der Waals surface area contributed by atoms with Crippen molar-refractivity contribution in [2.45, 2.75) is 0 Å². The van der Waals surface area contributed by atoms with E-state index in [0.717, 1.165) is 16.5 Å². The van der Waals surface area contributed by atoms with Gasteiger partial charge in [-0.2, -0.15) is 0 Å². The van der Waals surface area contributed by atoms with Gasteiger partial charge in [-0.25, -0.2) is 4.98 Å². The number of hydrogen-bond donors (Lipinski definition) is 2. The quantitative estimate of drug-likeness (QED) is 0.562. The third-order valence-corrected chi connectivity index (χ3v) is 3.01. The molecule has 3 aromatic rings. The van der Waals surface area contributed by atoms with Crippen molar-refractivity contribution in [1.29, 1.82) is 5.41 Å². The Hall–Kier alpha value is -2.88. The topological polar surface area (TPSA) is 72.0 Å². The van der Waals surface area contributed by atoms with Crippen LogP contribution in [0.1, 0.15) is 5.56 Å². The molecule has 0 aliphatic carbocycles. The van der Waals surface area contributed by atoms with E-state index in [1.165, 1.54) is 0 Å². The van der Waals surface area contributed by atoms with Crippen LogP contribution >= 0.6 is 0 Å². The zero-order chi connectivity index (χ0) is 13.9. The van der Waals surface area contributed by atoms with Gasteiger partial charge in [-0.3, -0.25) is 5.41 Å². The summed E-state index contributed by atoms with van der Waals surface area (Å²) in [5, 5.41) is 9.56. The zero-order valence-corrected chi connectivity index (χ0v) is 10.7. The maximum absolute atomic E-state index is 7.44. The number of pyridine rings is 1. The number of amidine groups is 1. The summed E-state index contributed by atoms with van der Waals surface area (Å²) >= 11 is 0. The summed E-state index contributed by atoms with van der Waals surface area (Å²) < 4.78 is 5.82. The second kappa shape index (κ2) is 5.01. The SMILES string of the molecule is N=C(N)c1ccnc(Oc2cccc3ccccc23)c1. The molecule has 0 aliphatic heterocycles. The normalized spacial score (nSPS) is 10.4. The molecule has 2 aromatic carbocycles. The van der Waals surface area contributed by atoms with Gasteiger partial charge in [0.25, 0.3) is 0 Å². The number of nitrogen functional groups attached to an aromatic ring is 1. The van der Waals surface area contributed by atoms with E-state index in [1.54, 1.807) is 18.3 Å². The molecule has 0 radical (unpaired) electrons. The van der Waals surface area contributed by atoms with Crippen molar-refractivity contribution in [3.63, 3.8) is 0 Å². The summed E-state index contributed by atoms with van der Waals surface area (Å²) in [5.41, 5.74) is 6.06. The number of fused-ring (bicyclic) bond motifs is 1. The highest BCUT2D eigenvalue weighted by atomic mass is 16.5. The molecule has 0 bridgehead atoms. The lowest BCUT2D eigenvalue weighted by atomic mass is 10.1. The van der Waals surface area contributed by atoms with E-state index in [0.29, 0.717) is 11.4 Å². The summed E-state index contributed by atoms with van der Waals surface area (Å²) in [4.78, 5) is 4.15. The molecule has 1 aromatic heterocycles. The van der Waals surface area contributed by atoms with Crippen molar-refractivity contribution in [3.8, 4) is 11.6 Å². The number of ether oxygens (including phenoxy) is 1. The van der Waals surface area contributed by atoms with Crippen LogP contribution in [0.4, 0.5) is 0 Å². The van der Waals surface area contributed by atoms with Gasteiger partial charge in [-0.1, -0.05) is 36.4 Å². The summed E-state index contributed by atoms with van der Waals surface area (Å²) in [6.07, 6.45) is 1.58. The minimum Gasteiger partial charge on any atom is -0.438 e. The Kier molecular flexibility index (Phi) is 3.05. The fourth-order valence-corrected chi connectivity index (χ4v) is 2.03. The van der Waals surface area contributed by atoms with Gasteiger partial charge in [0.1, 0.15) is 11.6 Å². The first-order valence-electron chi connectivity index (χ1n) is 6.20. The monoisotopic (exact) mass is 263 g/mol. The number of aromatic nitrogens is 1. The number of benzene rings is 2. The second-order valence-corrected chi connectivity index (χ2v) is 4.38. The lowest BCUT2D eigenvalue weighted by Crippen LogP contribution is -2.11.